The van der Waals surface area contributed by atoms with Gasteiger partial charge in [0.05, 0.1) is 5.69 Å². The van der Waals surface area contributed by atoms with Crippen LogP contribution in [0, 0.1) is 0 Å². The van der Waals surface area contributed by atoms with E-state index >= 15 is 0 Å². The van der Waals surface area contributed by atoms with Crippen LogP contribution in [0.3, 0.4) is 0 Å². The Bertz CT molecular complexity index is 1210. The third kappa shape index (κ3) is 3.29. The molecular weight excluding hydrogens is 384 g/mol. The van der Waals surface area contributed by atoms with Crippen LogP contribution in [0.5, 0.6) is 0 Å². The fourth-order valence-electron chi connectivity index (χ4n) is 2.77. The molecule has 0 bridgehead atoms. The van der Waals surface area contributed by atoms with E-state index in [1.165, 1.54) is 27.5 Å². The molecule has 3 aromatic rings. The molecule has 2 aromatic heterocycles. The van der Waals surface area contributed by atoms with E-state index in [1.54, 1.807) is 42.2 Å². The van der Waals surface area contributed by atoms with Crippen molar-refractivity contribution in [2.45, 2.75) is 17.9 Å². The summed E-state index contributed by atoms with van der Waals surface area (Å²) in [6.07, 6.45) is 4.03. The van der Waals surface area contributed by atoms with Gasteiger partial charge in [-0.25, -0.2) is 22.9 Å². The summed E-state index contributed by atoms with van der Waals surface area (Å²) in [4.78, 5) is 27.6. The van der Waals surface area contributed by atoms with Crippen LogP contribution in [0.15, 0.2) is 57.6 Å². The van der Waals surface area contributed by atoms with Gasteiger partial charge in [-0.1, -0.05) is 12.1 Å². The van der Waals surface area contributed by atoms with Gasteiger partial charge in [0.1, 0.15) is 12.7 Å². The zero-order valence-electron chi connectivity index (χ0n) is 15.8. The minimum absolute atomic E-state index is 0.453. The van der Waals surface area contributed by atoms with Crippen molar-refractivity contribution in [3.8, 4) is 5.69 Å². The standard InChI is InChI=1S/C17H20N6O4S/c1-12(13-5-7-14(8-6-13)23-11-18-10-19-23)22(4)28(26,27)15-9-20(2)17(25)21(3)16(15)24/h5-12H,1-4H3/t12-/m0/s1. The van der Waals surface area contributed by atoms with Crippen LogP contribution in [0.4, 0.5) is 0 Å². The van der Waals surface area contributed by atoms with Gasteiger partial charge in [-0.15, -0.1) is 0 Å². The molecule has 3 rings (SSSR count). The van der Waals surface area contributed by atoms with Crippen molar-refractivity contribution >= 4 is 10.0 Å². The van der Waals surface area contributed by atoms with E-state index in [2.05, 4.69) is 10.1 Å². The van der Waals surface area contributed by atoms with Gasteiger partial charge < -0.3 is 4.57 Å². The van der Waals surface area contributed by atoms with Gasteiger partial charge in [-0.3, -0.25) is 9.36 Å². The third-order valence-corrected chi connectivity index (χ3v) is 6.59. The molecule has 0 saturated carbocycles. The molecule has 0 aliphatic rings. The van der Waals surface area contributed by atoms with Crippen LogP contribution in [0.25, 0.3) is 5.69 Å². The summed E-state index contributed by atoms with van der Waals surface area (Å²) in [6.45, 7) is 1.72. The quantitative estimate of drug-likeness (QED) is 0.594. The van der Waals surface area contributed by atoms with Crippen LogP contribution < -0.4 is 11.2 Å². The molecule has 1 aromatic carbocycles. The molecule has 10 nitrogen and oxygen atoms in total. The number of aromatic nitrogens is 5. The second kappa shape index (κ2) is 7.17. The Morgan fingerprint density at radius 3 is 2.32 bits per heavy atom. The summed E-state index contributed by atoms with van der Waals surface area (Å²) in [5, 5.41) is 4.04. The van der Waals surface area contributed by atoms with E-state index in [4.69, 9.17) is 0 Å². The fourth-order valence-corrected chi connectivity index (χ4v) is 4.27. The SMILES string of the molecule is C[C@@H](c1ccc(-n2cncn2)cc1)N(C)S(=O)(=O)c1cn(C)c(=O)n(C)c1=O. The van der Waals surface area contributed by atoms with Gasteiger partial charge in [0.25, 0.3) is 5.56 Å². The highest BCUT2D eigenvalue weighted by atomic mass is 32.2. The number of nitrogens with zero attached hydrogens (tertiary/aromatic N) is 6. The zero-order chi connectivity index (χ0) is 20.6. The topological polar surface area (TPSA) is 112 Å². The minimum Gasteiger partial charge on any atom is -0.302 e. The largest absolute Gasteiger partial charge is 0.330 e. The van der Waals surface area contributed by atoms with E-state index in [1.807, 2.05) is 0 Å². The molecule has 0 aliphatic heterocycles. The van der Waals surface area contributed by atoms with E-state index in [0.29, 0.717) is 0 Å². The molecule has 28 heavy (non-hydrogen) atoms. The Balaban J connectivity index is 1.96. The van der Waals surface area contributed by atoms with E-state index < -0.39 is 32.2 Å². The average Bonchev–Trinajstić information content (AvgIpc) is 3.22. The number of rotatable bonds is 5. The van der Waals surface area contributed by atoms with Gasteiger partial charge in [-0.05, 0) is 24.6 Å². The minimum atomic E-state index is -4.12. The Morgan fingerprint density at radius 2 is 1.75 bits per heavy atom. The molecule has 1 atom stereocenters. The molecule has 0 spiro atoms. The second-order valence-electron chi connectivity index (χ2n) is 6.38. The Hall–Kier alpha value is -3.05. The molecule has 11 heteroatoms. The van der Waals surface area contributed by atoms with Crippen molar-refractivity contribution in [1.82, 2.24) is 28.2 Å². The van der Waals surface area contributed by atoms with Crippen molar-refractivity contribution < 1.29 is 8.42 Å². The zero-order valence-corrected chi connectivity index (χ0v) is 16.7. The smallest absolute Gasteiger partial charge is 0.302 e. The summed E-state index contributed by atoms with van der Waals surface area (Å²) >= 11 is 0. The lowest BCUT2D eigenvalue weighted by atomic mass is 10.1. The number of benzene rings is 1. The monoisotopic (exact) mass is 404 g/mol. The summed E-state index contributed by atoms with van der Waals surface area (Å²) in [5.41, 5.74) is 0.0644. The predicted molar refractivity (Wildman–Crippen MR) is 102 cm³/mol. The van der Waals surface area contributed by atoms with Crippen LogP contribution in [-0.4, -0.2) is 43.7 Å². The van der Waals surface area contributed by atoms with Crippen molar-refractivity contribution in [3.63, 3.8) is 0 Å². The van der Waals surface area contributed by atoms with Gasteiger partial charge >= 0.3 is 5.69 Å². The first-order chi connectivity index (χ1) is 13.1. The summed E-state index contributed by atoms with van der Waals surface area (Å²) in [6, 6.07) is 6.62. The second-order valence-corrected chi connectivity index (χ2v) is 8.35. The van der Waals surface area contributed by atoms with Crippen molar-refractivity contribution in [3.05, 3.63) is 69.5 Å². The van der Waals surface area contributed by atoms with Crippen LogP contribution in [-0.2, 0) is 24.1 Å². The molecule has 0 unspecified atom stereocenters. The maximum absolute atomic E-state index is 13.0. The predicted octanol–water partition coefficient (Wildman–Crippen LogP) is 0.0464. The molecular formula is C17H20N6O4S. The summed E-state index contributed by atoms with van der Waals surface area (Å²) < 4.78 is 30.6. The summed E-state index contributed by atoms with van der Waals surface area (Å²) in [7, 11) is -0.0788. The molecule has 2 heterocycles. The lowest BCUT2D eigenvalue weighted by Crippen LogP contribution is -2.42. The van der Waals surface area contributed by atoms with Gasteiger partial charge in [0.2, 0.25) is 10.0 Å². The first-order valence-corrected chi connectivity index (χ1v) is 9.78. The molecule has 0 radical (unpaired) electrons. The van der Waals surface area contributed by atoms with Crippen LogP contribution in [0.1, 0.15) is 18.5 Å². The molecule has 0 N–H and O–H groups in total. The van der Waals surface area contributed by atoms with E-state index in [9.17, 15) is 18.0 Å². The fraction of sp³-hybridized carbons (Fsp3) is 0.294. The highest BCUT2D eigenvalue weighted by Gasteiger charge is 2.30. The van der Waals surface area contributed by atoms with Crippen LogP contribution >= 0.6 is 0 Å². The number of hydrogen-bond donors (Lipinski definition) is 0. The first-order valence-electron chi connectivity index (χ1n) is 8.34. The Morgan fingerprint density at radius 1 is 1.11 bits per heavy atom. The molecule has 0 fully saturated rings. The maximum Gasteiger partial charge on any atom is 0.330 e. The molecule has 148 valence electrons. The van der Waals surface area contributed by atoms with Crippen molar-refractivity contribution in [2.24, 2.45) is 14.1 Å². The Kier molecular flexibility index (Phi) is 5.04. The van der Waals surface area contributed by atoms with E-state index in [-0.39, 0.29) is 0 Å². The van der Waals surface area contributed by atoms with Gasteiger partial charge in [-0.2, -0.15) is 9.40 Å². The normalized spacial score (nSPS) is 13.0. The molecule has 0 amide bonds. The maximum atomic E-state index is 13.0. The lowest BCUT2D eigenvalue weighted by molar-refractivity contribution is 0.396. The highest BCUT2D eigenvalue weighted by molar-refractivity contribution is 7.89. The van der Waals surface area contributed by atoms with Gasteiger partial charge in [0, 0.05) is 33.4 Å². The van der Waals surface area contributed by atoms with Gasteiger partial charge in [0.15, 0.2) is 4.90 Å². The highest BCUT2D eigenvalue weighted by Crippen LogP contribution is 2.25. The first kappa shape index (κ1) is 19.7. The number of aryl methyl sites for hydroxylation is 1. The molecule has 0 saturated heterocycles. The number of hydrogen-bond acceptors (Lipinski definition) is 6. The average molecular weight is 404 g/mol. The van der Waals surface area contributed by atoms with E-state index in [0.717, 1.165) is 30.9 Å². The molecule has 0 aliphatic carbocycles. The Labute approximate surface area is 161 Å². The number of sulfonamides is 1. The van der Waals surface area contributed by atoms with Crippen molar-refractivity contribution in [1.29, 1.82) is 0 Å². The summed E-state index contributed by atoms with van der Waals surface area (Å²) in [5.74, 6) is 0. The van der Waals surface area contributed by atoms with Crippen LogP contribution in [0.2, 0.25) is 0 Å². The lowest BCUT2D eigenvalue weighted by Gasteiger charge is -2.24. The van der Waals surface area contributed by atoms with Crippen molar-refractivity contribution in [2.75, 3.05) is 7.05 Å². The third-order valence-electron chi connectivity index (χ3n) is 4.68.